The lowest BCUT2D eigenvalue weighted by atomic mass is 10.0. The number of hydrogen-bond donors (Lipinski definition) is 1. The number of rotatable bonds is 4. The predicted octanol–water partition coefficient (Wildman–Crippen LogP) is 2.00. The van der Waals surface area contributed by atoms with Gasteiger partial charge >= 0.3 is 0 Å². The molecule has 0 amide bonds. The highest BCUT2D eigenvalue weighted by Gasteiger charge is 2.16. The maximum Gasteiger partial charge on any atom is 0.119 e. The molecule has 0 aliphatic rings. The molecule has 0 aromatic heterocycles. The highest BCUT2D eigenvalue weighted by molar-refractivity contribution is 5.27. The van der Waals surface area contributed by atoms with Crippen LogP contribution < -0.4 is 10.5 Å². The van der Waals surface area contributed by atoms with E-state index in [1.54, 1.807) is 6.92 Å². The molecule has 3 heteroatoms. The van der Waals surface area contributed by atoms with Gasteiger partial charge < -0.3 is 10.5 Å². The topological polar surface area (TPSA) is 59.0 Å². The fourth-order valence-corrected chi connectivity index (χ4v) is 1.14. The first-order chi connectivity index (χ1) is 7.03. The number of nitrogens with zero attached hydrogens (tertiary/aromatic N) is 1. The Balaban J connectivity index is 2.42. The van der Waals surface area contributed by atoms with E-state index in [-0.39, 0.29) is 0 Å². The Hall–Kier alpha value is -1.53. The standard InChI is InChI=1S/C12H16N2O/c1-10-4-3-5-11(8-10)15-7-6-12(2,14)9-13/h3-5,8H,6-7,14H2,1-2H3. The van der Waals surface area contributed by atoms with Crippen LogP contribution in [0.4, 0.5) is 0 Å². The molecule has 0 heterocycles. The molecule has 1 aromatic rings. The molecule has 3 nitrogen and oxygen atoms in total. The molecule has 1 aromatic carbocycles. The molecular weight excluding hydrogens is 188 g/mol. The summed E-state index contributed by atoms with van der Waals surface area (Å²) in [6.45, 7) is 4.17. The van der Waals surface area contributed by atoms with Crippen LogP contribution >= 0.6 is 0 Å². The van der Waals surface area contributed by atoms with E-state index in [0.29, 0.717) is 13.0 Å². The SMILES string of the molecule is Cc1cccc(OCCC(C)(N)C#N)c1. The van der Waals surface area contributed by atoms with Crippen molar-refractivity contribution in [1.29, 1.82) is 5.26 Å². The van der Waals surface area contributed by atoms with E-state index >= 15 is 0 Å². The number of benzene rings is 1. The van der Waals surface area contributed by atoms with E-state index in [2.05, 4.69) is 0 Å². The molecule has 0 bridgehead atoms. The molecule has 0 aliphatic carbocycles. The van der Waals surface area contributed by atoms with Crippen LogP contribution in [-0.4, -0.2) is 12.1 Å². The largest absolute Gasteiger partial charge is 0.493 e. The van der Waals surface area contributed by atoms with E-state index in [4.69, 9.17) is 15.7 Å². The minimum absolute atomic E-state index is 0.462. The quantitative estimate of drug-likeness (QED) is 0.816. The second kappa shape index (κ2) is 4.81. The Labute approximate surface area is 90.5 Å². The van der Waals surface area contributed by atoms with Crippen LogP contribution in [0, 0.1) is 18.3 Å². The third kappa shape index (κ3) is 4.01. The average molecular weight is 204 g/mol. The van der Waals surface area contributed by atoms with E-state index in [1.165, 1.54) is 0 Å². The lowest BCUT2D eigenvalue weighted by Crippen LogP contribution is -2.35. The number of nitrogens with two attached hydrogens (primary N) is 1. The second-order valence-corrected chi connectivity index (χ2v) is 3.94. The van der Waals surface area contributed by atoms with Crippen molar-refractivity contribution in [3.05, 3.63) is 29.8 Å². The third-order valence-corrected chi connectivity index (χ3v) is 2.14. The fraction of sp³-hybridized carbons (Fsp3) is 0.417. The van der Waals surface area contributed by atoms with Crippen molar-refractivity contribution < 1.29 is 4.74 Å². The zero-order chi connectivity index (χ0) is 11.3. The van der Waals surface area contributed by atoms with Crippen LogP contribution in [0.2, 0.25) is 0 Å². The maximum absolute atomic E-state index is 8.70. The summed E-state index contributed by atoms with van der Waals surface area (Å²) in [6.07, 6.45) is 0.525. The molecule has 0 spiro atoms. The Morgan fingerprint density at radius 3 is 2.87 bits per heavy atom. The maximum atomic E-state index is 8.70. The van der Waals surface area contributed by atoms with E-state index in [0.717, 1.165) is 11.3 Å². The summed E-state index contributed by atoms with van der Waals surface area (Å²) in [4.78, 5) is 0. The van der Waals surface area contributed by atoms with Crippen molar-refractivity contribution in [2.45, 2.75) is 25.8 Å². The van der Waals surface area contributed by atoms with Gasteiger partial charge in [0.2, 0.25) is 0 Å². The Kier molecular flexibility index (Phi) is 3.70. The molecule has 1 atom stereocenters. The Bertz CT molecular complexity index is 366. The minimum Gasteiger partial charge on any atom is -0.493 e. The first-order valence-corrected chi connectivity index (χ1v) is 4.93. The summed E-state index contributed by atoms with van der Waals surface area (Å²) in [5.41, 5.74) is 6.02. The average Bonchev–Trinajstić information content (AvgIpc) is 2.18. The molecule has 15 heavy (non-hydrogen) atoms. The zero-order valence-corrected chi connectivity index (χ0v) is 9.16. The van der Waals surface area contributed by atoms with Crippen LogP contribution in [0.5, 0.6) is 5.75 Å². The van der Waals surface area contributed by atoms with Crippen molar-refractivity contribution in [2.24, 2.45) is 5.73 Å². The zero-order valence-electron chi connectivity index (χ0n) is 9.16. The van der Waals surface area contributed by atoms with Gasteiger partial charge in [0.1, 0.15) is 11.3 Å². The van der Waals surface area contributed by atoms with Gasteiger partial charge in [0, 0.05) is 6.42 Å². The van der Waals surface area contributed by atoms with Crippen molar-refractivity contribution in [2.75, 3.05) is 6.61 Å². The van der Waals surface area contributed by atoms with Crippen LogP contribution in [0.15, 0.2) is 24.3 Å². The van der Waals surface area contributed by atoms with Gasteiger partial charge in [-0.15, -0.1) is 0 Å². The molecule has 0 saturated heterocycles. The summed E-state index contributed by atoms with van der Waals surface area (Å²) in [5.74, 6) is 0.823. The van der Waals surface area contributed by atoms with E-state index in [9.17, 15) is 0 Å². The van der Waals surface area contributed by atoms with Gasteiger partial charge in [0.25, 0.3) is 0 Å². The van der Waals surface area contributed by atoms with Crippen LogP contribution in [-0.2, 0) is 0 Å². The van der Waals surface area contributed by atoms with Crippen molar-refractivity contribution in [3.8, 4) is 11.8 Å². The number of nitriles is 1. The lowest BCUT2D eigenvalue weighted by Gasteiger charge is -2.15. The normalized spacial score (nSPS) is 14.0. The van der Waals surface area contributed by atoms with Crippen molar-refractivity contribution in [1.82, 2.24) is 0 Å². The molecule has 1 unspecified atom stereocenters. The summed E-state index contributed by atoms with van der Waals surface area (Å²) in [5, 5.41) is 8.70. The van der Waals surface area contributed by atoms with Gasteiger partial charge in [0.05, 0.1) is 12.7 Å². The first kappa shape index (κ1) is 11.5. The van der Waals surface area contributed by atoms with Crippen LogP contribution in [0.1, 0.15) is 18.9 Å². The Morgan fingerprint density at radius 2 is 2.27 bits per heavy atom. The number of ether oxygens (including phenoxy) is 1. The van der Waals surface area contributed by atoms with Gasteiger partial charge in [-0.05, 0) is 31.5 Å². The highest BCUT2D eigenvalue weighted by Crippen LogP contribution is 2.13. The predicted molar refractivity (Wildman–Crippen MR) is 59.5 cm³/mol. The summed E-state index contributed by atoms with van der Waals surface area (Å²) >= 11 is 0. The fourth-order valence-electron chi connectivity index (χ4n) is 1.14. The number of hydrogen-bond acceptors (Lipinski definition) is 3. The van der Waals surface area contributed by atoms with Crippen molar-refractivity contribution in [3.63, 3.8) is 0 Å². The van der Waals surface area contributed by atoms with E-state index < -0.39 is 5.54 Å². The molecule has 1 rings (SSSR count). The molecule has 0 aliphatic heterocycles. The van der Waals surface area contributed by atoms with Gasteiger partial charge in [-0.25, -0.2) is 0 Å². The first-order valence-electron chi connectivity index (χ1n) is 4.93. The van der Waals surface area contributed by atoms with Gasteiger partial charge in [-0.2, -0.15) is 5.26 Å². The van der Waals surface area contributed by atoms with Gasteiger partial charge in [-0.1, -0.05) is 12.1 Å². The summed E-state index contributed by atoms with van der Waals surface area (Å²) < 4.78 is 5.49. The lowest BCUT2D eigenvalue weighted by molar-refractivity contribution is 0.286. The number of aryl methyl sites for hydroxylation is 1. The van der Waals surface area contributed by atoms with Crippen LogP contribution in [0.25, 0.3) is 0 Å². The molecule has 0 radical (unpaired) electrons. The molecule has 0 fully saturated rings. The summed E-state index contributed by atoms with van der Waals surface area (Å²) in [6, 6.07) is 9.84. The Morgan fingerprint density at radius 1 is 1.53 bits per heavy atom. The minimum atomic E-state index is -0.802. The van der Waals surface area contributed by atoms with Crippen LogP contribution in [0.3, 0.4) is 0 Å². The van der Waals surface area contributed by atoms with E-state index in [1.807, 2.05) is 37.3 Å². The molecule has 0 saturated carbocycles. The summed E-state index contributed by atoms with van der Waals surface area (Å²) in [7, 11) is 0. The van der Waals surface area contributed by atoms with Gasteiger partial charge in [-0.3, -0.25) is 0 Å². The highest BCUT2D eigenvalue weighted by atomic mass is 16.5. The third-order valence-electron chi connectivity index (χ3n) is 2.14. The second-order valence-electron chi connectivity index (χ2n) is 3.94. The van der Waals surface area contributed by atoms with Crippen molar-refractivity contribution >= 4 is 0 Å². The molecule has 2 N–H and O–H groups in total. The smallest absolute Gasteiger partial charge is 0.119 e. The molecular formula is C12H16N2O. The molecule has 80 valence electrons. The monoisotopic (exact) mass is 204 g/mol. The van der Waals surface area contributed by atoms with Gasteiger partial charge in [0.15, 0.2) is 0 Å².